The van der Waals surface area contributed by atoms with Crippen molar-refractivity contribution in [2.24, 2.45) is 0 Å². The fourth-order valence-corrected chi connectivity index (χ4v) is 1.81. The lowest BCUT2D eigenvalue weighted by atomic mass is 10.1. The van der Waals surface area contributed by atoms with E-state index in [4.69, 9.17) is 9.15 Å². The van der Waals surface area contributed by atoms with E-state index in [-0.39, 0.29) is 18.0 Å². The highest BCUT2D eigenvalue weighted by Crippen LogP contribution is 2.19. The van der Waals surface area contributed by atoms with Gasteiger partial charge >= 0.3 is 0 Å². The third-order valence-corrected chi connectivity index (χ3v) is 2.87. The Bertz CT molecular complexity index is 587. The van der Waals surface area contributed by atoms with Crippen molar-refractivity contribution >= 4 is 5.78 Å². The molecule has 0 atom stereocenters. The fraction of sp³-hybridized carbons (Fsp3) is 0.267. The summed E-state index contributed by atoms with van der Waals surface area (Å²) in [5, 5.41) is 0. The van der Waals surface area contributed by atoms with Crippen LogP contribution in [0.4, 0.5) is 4.39 Å². The molecule has 0 aliphatic carbocycles. The van der Waals surface area contributed by atoms with Crippen LogP contribution in [0.15, 0.2) is 34.7 Å². The fourth-order valence-electron chi connectivity index (χ4n) is 1.81. The molecule has 0 saturated heterocycles. The summed E-state index contributed by atoms with van der Waals surface area (Å²) in [7, 11) is 1.40. The topological polar surface area (TPSA) is 39.4 Å². The van der Waals surface area contributed by atoms with Gasteiger partial charge in [0, 0.05) is 12.8 Å². The van der Waals surface area contributed by atoms with E-state index in [1.165, 1.54) is 19.2 Å². The van der Waals surface area contributed by atoms with Gasteiger partial charge in [-0.2, -0.15) is 0 Å². The van der Waals surface area contributed by atoms with Gasteiger partial charge in [0.25, 0.3) is 0 Å². The van der Waals surface area contributed by atoms with Crippen molar-refractivity contribution in [2.45, 2.75) is 19.8 Å². The van der Waals surface area contributed by atoms with Crippen LogP contribution in [0.25, 0.3) is 0 Å². The molecule has 2 aromatic rings. The summed E-state index contributed by atoms with van der Waals surface area (Å²) in [6.45, 7) is 1.95. The van der Waals surface area contributed by atoms with Crippen LogP contribution in [0.5, 0.6) is 5.75 Å². The minimum Gasteiger partial charge on any atom is -0.494 e. The van der Waals surface area contributed by atoms with E-state index in [0.29, 0.717) is 11.3 Å². The Labute approximate surface area is 111 Å². The van der Waals surface area contributed by atoms with Crippen molar-refractivity contribution in [2.75, 3.05) is 7.11 Å². The first-order chi connectivity index (χ1) is 9.13. The lowest BCUT2D eigenvalue weighted by Gasteiger charge is -2.04. The molecule has 1 heterocycles. The molecule has 0 bridgehead atoms. The molecule has 1 aromatic carbocycles. The first-order valence-corrected chi connectivity index (χ1v) is 6.08. The maximum Gasteiger partial charge on any atom is 0.202 e. The van der Waals surface area contributed by atoms with Gasteiger partial charge in [0.2, 0.25) is 5.78 Å². The van der Waals surface area contributed by atoms with E-state index < -0.39 is 5.82 Å². The molecule has 0 saturated carbocycles. The molecule has 0 N–H and O–H groups in total. The van der Waals surface area contributed by atoms with E-state index in [1.54, 1.807) is 18.2 Å². The minimum absolute atomic E-state index is 0.109. The second-order valence-corrected chi connectivity index (χ2v) is 4.19. The summed E-state index contributed by atoms with van der Waals surface area (Å²) < 4.78 is 23.7. The number of carbonyl (C=O) groups excluding carboxylic acids is 1. The van der Waals surface area contributed by atoms with Crippen LogP contribution >= 0.6 is 0 Å². The third kappa shape index (κ3) is 3.02. The number of halogens is 1. The number of hydrogen-bond acceptors (Lipinski definition) is 3. The molecule has 2 rings (SSSR count). The summed E-state index contributed by atoms with van der Waals surface area (Å²) in [6.07, 6.45) is 0.849. The predicted molar refractivity (Wildman–Crippen MR) is 69.1 cm³/mol. The summed E-state index contributed by atoms with van der Waals surface area (Å²) in [5.74, 6) is 0.616. The molecule has 100 valence electrons. The van der Waals surface area contributed by atoms with E-state index >= 15 is 0 Å². The first kappa shape index (κ1) is 13.3. The molecule has 0 aliphatic rings. The number of Topliss-reactive ketones (excluding diaryl/α,β-unsaturated/α-hetero) is 1. The molecular formula is C15H15FO3. The highest BCUT2D eigenvalue weighted by Gasteiger charge is 2.13. The number of aryl methyl sites for hydroxylation is 1. The molecule has 19 heavy (non-hydrogen) atoms. The largest absolute Gasteiger partial charge is 0.494 e. The zero-order chi connectivity index (χ0) is 13.8. The van der Waals surface area contributed by atoms with Gasteiger partial charge in [-0.05, 0) is 29.8 Å². The molecule has 0 radical (unpaired) electrons. The first-order valence-electron chi connectivity index (χ1n) is 6.08. The number of furan rings is 1. The van der Waals surface area contributed by atoms with E-state index in [1.807, 2.05) is 6.92 Å². The van der Waals surface area contributed by atoms with Gasteiger partial charge in [-0.15, -0.1) is 0 Å². The van der Waals surface area contributed by atoms with Crippen LogP contribution in [0.1, 0.15) is 28.8 Å². The monoisotopic (exact) mass is 262 g/mol. The van der Waals surface area contributed by atoms with E-state index in [0.717, 1.165) is 12.2 Å². The van der Waals surface area contributed by atoms with Crippen LogP contribution in [0.2, 0.25) is 0 Å². The number of ether oxygens (including phenoxy) is 1. The minimum atomic E-state index is -0.471. The Morgan fingerprint density at radius 1 is 1.32 bits per heavy atom. The van der Waals surface area contributed by atoms with Gasteiger partial charge < -0.3 is 9.15 Å². The van der Waals surface area contributed by atoms with Crippen molar-refractivity contribution in [3.63, 3.8) is 0 Å². The van der Waals surface area contributed by atoms with Crippen molar-refractivity contribution in [1.82, 2.24) is 0 Å². The van der Waals surface area contributed by atoms with Crippen molar-refractivity contribution in [3.05, 3.63) is 53.2 Å². The Hall–Kier alpha value is -2.10. The number of ketones is 1. The number of methoxy groups -OCH3 is 1. The predicted octanol–water partition coefficient (Wildman–Crippen LogP) is 3.42. The quantitative estimate of drug-likeness (QED) is 0.775. The Morgan fingerprint density at radius 3 is 2.68 bits per heavy atom. The number of carbonyl (C=O) groups is 1. The second-order valence-electron chi connectivity index (χ2n) is 4.19. The molecule has 0 fully saturated rings. The van der Waals surface area contributed by atoms with Crippen LogP contribution < -0.4 is 4.74 Å². The lowest BCUT2D eigenvalue weighted by molar-refractivity contribution is 0.0964. The zero-order valence-electron chi connectivity index (χ0n) is 10.9. The van der Waals surface area contributed by atoms with Gasteiger partial charge in [0.1, 0.15) is 5.76 Å². The Kier molecular flexibility index (Phi) is 4.00. The van der Waals surface area contributed by atoms with Gasteiger partial charge in [0.05, 0.1) is 7.11 Å². The number of benzene rings is 1. The van der Waals surface area contributed by atoms with E-state index in [2.05, 4.69) is 0 Å². The number of hydrogen-bond donors (Lipinski definition) is 0. The van der Waals surface area contributed by atoms with Crippen LogP contribution in [-0.4, -0.2) is 12.9 Å². The van der Waals surface area contributed by atoms with Crippen LogP contribution in [-0.2, 0) is 12.8 Å². The second kappa shape index (κ2) is 5.69. The molecule has 3 nitrogen and oxygen atoms in total. The smallest absolute Gasteiger partial charge is 0.202 e. The molecule has 4 heteroatoms. The highest BCUT2D eigenvalue weighted by molar-refractivity contribution is 5.95. The van der Waals surface area contributed by atoms with Crippen LogP contribution in [0, 0.1) is 5.82 Å². The maximum atomic E-state index is 13.5. The summed E-state index contributed by atoms with van der Waals surface area (Å²) >= 11 is 0. The Morgan fingerprint density at radius 2 is 2.11 bits per heavy atom. The Balaban J connectivity index is 2.12. The average molecular weight is 262 g/mol. The standard InChI is InChI=1S/C15H15FO3/c1-3-11-5-7-15(19-11)13(17)9-10-4-6-14(18-2)12(16)8-10/h4-8H,3,9H2,1-2H3. The zero-order valence-corrected chi connectivity index (χ0v) is 10.9. The summed E-state index contributed by atoms with van der Waals surface area (Å²) in [6, 6.07) is 7.92. The van der Waals surface area contributed by atoms with Crippen molar-refractivity contribution in [3.8, 4) is 5.75 Å². The van der Waals surface area contributed by atoms with E-state index in [9.17, 15) is 9.18 Å². The molecular weight excluding hydrogens is 247 g/mol. The molecule has 0 amide bonds. The average Bonchev–Trinajstić information content (AvgIpc) is 2.88. The van der Waals surface area contributed by atoms with Crippen LogP contribution in [0.3, 0.4) is 0 Å². The van der Waals surface area contributed by atoms with Crippen molar-refractivity contribution < 1.29 is 18.3 Å². The highest BCUT2D eigenvalue weighted by atomic mass is 19.1. The summed E-state index contributed by atoms with van der Waals surface area (Å²) in [5.41, 5.74) is 0.595. The van der Waals surface area contributed by atoms with Crippen molar-refractivity contribution in [1.29, 1.82) is 0 Å². The number of rotatable bonds is 5. The third-order valence-electron chi connectivity index (χ3n) is 2.87. The maximum absolute atomic E-state index is 13.5. The normalized spacial score (nSPS) is 10.5. The SMILES string of the molecule is CCc1ccc(C(=O)Cc2ccc(OC)c(F)c2)o1. The van der Waals surface area contributed by atoms with Gasteiger partial charge in [-0.25, -0.2) is 4.39 Å². The molecule has 0 unspecified atom stereocenters. The lowest BCUT2D eigenvalue weighted by Crippen LogP contribution is -2.02. The molecule has 0 spiro atoms. The summed E-state index contributed by atoms with van der Waals surface area (Å²) in [4.78, 5) is 12.0. The van der Waals surface area contributed by atoms with Gasteiger partial charge in [0.15, 0.2) is 17.3 Å². The molecule has 0 aliphatic heterocycles. The van der Waals surface area contributed by atoms with Gasteiger partial charge in [-0.3, -0.25) is 4.79 Å². The molecule has 1 aromatic heterocycles. The van der Waals surface area contributed by atoms with Gasteiger partial charge in [-0.1, -0.05) is 13.0 Å².